The molecule has 94 valence electrons. The molecular weight excluding hydrogens is 202 g/mol. The van der Waals surface area contributed by atoms with Gasteiger partial charge in [0.2, 0.25) is 0 Å². The fourth-order valence-electron chi connectivity index (χ4n) is 1.96. The number of nitrogens with zero attached hydrogens (tertiary/aromatic N) is 1. The van der Waals surface area contributed by atoms with Crippen LogP contribution in [0.3, 0.4) is 0 Å². The molecule has 0 saturated heterocycles. The van der Waals surface area contributed by atoms with E-state index in [2.05, 4.69) is 11.8 Å². The second-order valence-corrected chi connectivity index (χ2v) is 5.63. The van der Waals surface area contributed by atoms with Crippen LogP contribution in [-0.4, -0.2) is 35.6 Å². The second kappa shape index (κ2) is 5.67. The first-order valence-electron chi connectivity index (χ1n) is 6.41. The minimum Gasteiger partial charge on any atom is -0.481 e. The minimum absolute atomic E-state index is 0.590. The summed E-state index contributed by atoms with van der Waals surface area (Å²) in [7, 11) is 0. The Morgan fingerprint density at radius 1 is 1.44 bits per heavy atom. The van der Waals surface area contributed by atoms with Crippen molar-refractivity contribution in [2.24, 2.45) is 11.3 Å². The highest BCUT2D eigenvalue weighted by Gasteiger charge is 2.28. The third-order valence-corrected chi connectivity index (χ3v) is 3.82. The predicted octanol–water partition coefficient (Wildman–Crippen LogP) is 2.61. The van der Waals surface area contributed by atoms with E-state index in [0.717, 1.165) is 32.0 Å². The predicted molar refractivity (Wildman–Crippen MR) is 65.5 cm³/mol. The van der Waals surface area contributed by atoms with Crippen molar-refractivity contribution in [2.45, 2.75) is 46.5 Å². The Bertz CT molecular complexity index is 234. The number of carbonyl (C=O) groups is 1. The van der Waals surface area contributed by atoms with Gasteiger partial charge in [0.25, 0.3) is 0 Å². The lowest BCUT2D eigenvalue weighted by Gasteiger charge is -2.33. The van der Waals surface area contributed by atoms with Crippen LogP contribution < -0.4 is 0 Å². The maximum atomic E-state index is 11.0. The molecule has 0 aliphatic heterocycles. The average Bonchev–Trinajstić information content (AvgIpc) is 2.15. The summed E-state index contributed by atoms with van der Waals surface area (Å²) in [4.78, 5) is 13.4. The largest absolute Gasteiger partial charge is 0.481 e. The van der Waals surface area contributed by atoms with Gasteiger partial charge in [0.1, 0.15) is 0 Å². The van der Waals surface area contributed by atoms with Crippen LogP contribution in [0.2, 0.25) is 0 Å². The zero-order valence-corrected chi connectivity index (χ0v) is 10.8. The highest BCUT2D eigenvalue weighted by molar-refractivity contribution is 5.73. The first-order valence-corrected chi connectivity index (χ1v) is 6.41. The highest BCUT2D eigenvalue weighted by atomic mass is 16.4. The average molecular weight is 227 g/mol. The Kier molecular flexibility index (Phi) is 4.78. The van der Waals surface area contributed by atoms with Gasteiger partial charge >= 0.3 is 5.97 Å². The van der Waals surface area contributed by atoms with E-state index in [-0.39, 0.29) is 0 Å². The van der Waals surface area contributed by atoms with E-state index in [0.29, 0.717) is 0 Å². The Balaban J connectivity index is 2.29. The molecule has 1 aliphatic carbocycles. The third-order valence-electron chi connectivity index (χ3n) is 3.82. The van der Waals surface area contributed by atoms with E-state index in [1.165, 1.54) is 19.3 Å². The van der Waals surface area contributed by atoms with E-state index in [1.807, 2.05) is 13.8 Å². The van der Waals surface area contributed by atoms with Gasteiger partial charge in [0.05, 0.1) is 5.41 Å². The van der Waals surface area contributed by atoms with Gasteiger partial charge in [0.15, 0.2) is 0 Å². The first-order chi connectivity index (χ1) is 7.45. The number of hydrogen-bond acceptors (Lipinski definition) is 2. The molecule has 1 rings (SSSR count). The summed E-state index contributed by atoms with van der Waals surface area (Å²) < 4.78 is 0. The molecule has 3 nitrogen and oxygen atoms in total. The van der Waals surface area contributed by atoms with Gasteiger partial charge in [-0.3, -0.25) is 4.79 Å². The lowest BCUT2D eigenvalue weighted by Crippen LogP contribution is -2.36. The molecule has 0 atom stereocenters. The molecular formula is C13H25NO2. The topological polar surface area (TPSA) is 40.5 Å². The van der Waals surface area contributed by atoms with Crippen LogP contribution in [0.4, 0.5) is 0 Å². The maximum Gasteiger partial charge on any atom is 0.309 e. The van der Waals surface area contributed by atoms with E-state index in [9.17, 15) is 4.79 Å². The highest BCUT2D eigenvalue weighted by Crippen LogP contribution is 2.28. The molecule has 0 bridgehead atoms. The normalized spacial score (nSPS) is 17.5. The van der Waals surface area contributed by atoms with E-state index < -0.39 is 11.4 Å². The second-order valence-electron chi connectivity index (χ2n) is 5.63. The monoisotopic (exact) mass is 227 g/mol. The van der Waals surface area contributed by atoms with Gasteiger partial charge < -0.3 is 10.0 Å². The van der Waals surface area contributed by atoms with Crippen molar-refractivity contribution >= 4 is 5.97 Å². The molecule has 0 radical (unpaired) electrons. The molecule has 0 aromatic rings. The van der Waals surface area contributed by atoms with Crippen LogP contribution in [0.5, 0.6) is 0 Å². The molecule has 1 fully saturated rings. The van der Waals surface area contributed by atoms with E-state index >= 15 is 0 Å². The lowest BCUT2D eigenvalue weighted by atomic mass is 9.84. The van der Waals surface area contributed by atoms with Crippen LogP contribution in [0.15, 0.2) is 0 Å². The van der Waals surface area contributed by atoms with Crippen molar-refractivity contribution in [3.05, 3.63) is 0 Å². The number of aliphatic carboxylic acids is 1. The number of carboxylic acids is 1. The number of carboxylic acid groups (broad SMARTS) is 1. The first kappa shape index (κ1) is 13.5. The fraction of sp³-hybridized carbons (Fsp3) is 0.923. The molecule has 1 saturated carbocycles. The zero-order valence-electron chi connectivity index (χ0n) is 10.8. The van der Waals surface area contributed by atoms with Gasteiger partial charge in [0, 0.05) is 6.54 Å². The summed E-state index contributed by atoms with van der Waals surface area (Å²) in [6, 6.07) is 0. The number of hydrogen-bond donors (Lipinski definition) is 1. The standard InChI is InChI=1S/C13H25NO2/c1-4-14(10-11-6-5-7-11)9-8-13(2,3)12(15)16/h11H,4-10H2,1-3H3,(H,15,16). The van der Waals surface area contributed by atoms with Gasteiger partial charge in [-0.05, 0) is 52.1 Å². The van der Waals surface area contributed by atoms with Crippen molar-refractivity contribution in [1.82, 2.24) is 4.90 Å². The Morgan fingerprint density at radius 3 is 2.44 bits per heavy atom. The third kappa shape index (κ3) is 3.78. The summed E-state index contributed by atoms with van der Waals surface area (Å²) in [6.07, 6.45) is 4.84. The maximum absolute atomic E-state index is 11.0. The summed E-state index contributed by atoms with van der Waals surface area (Å²) in [5, 5.41) is 9.05. The molecule has 3 heteroatoms. The van der Waals surface area contributed by atoms with Crippen LogP contribution in [0.25, 0.3) is 0 Å². The van der Waals surface area contributed by atoms with Crippen molar-refractivity contribution in [2.75, 3.05) is 19.6 Å². The van der Waals surface area contributed by atoms with Crippen LogP contribution in [0.1, 0.15) is 46.5 Å². The molecule has 0 aromatic heterocycles. The molecule has 1 aliphatic rings. The van der Waals surface area contributed by atoms with Crippen molar-refractivity contribution in [3.8, 4) is 0 Å². The molecule has 16 heavy (non-hydrogen) atoms. The lowest BCUT2D eigenvalue weighted by molar-refractivity contribution is -0.147. The van der Waals surface area contributed by atoms with E-state index in [4.69, 9.17) is 5.11 Å². The van der Waals surface area contributed by atoms with Crippen molar-refractivity contribution in [3.63, 3.8) is 0 Å². The smallest absolute Gasteiger partial charge is 0.309 e. The molecule has 0 aromatic carbocycles. The molecule has 0 heterocycles. The van der Waals surface area contributed by atoms with Crippen molar-refractivity contribution < 1.29 is 9.90 Å². The molecule has 0 amide bonds. The SMILES string of the molecule is CCN(CCC(C)(C)C(=O)O)CC1CCC1. The summed E-state index contributed by atoms with van der Waals surface area (Å²) in [6.45, 7) is 8.89. The molecule has 0 spiro atoms. The number of rotatable bonds is 7. The minimum atomic E-state index is -0.688. The van der Waals surface area contributed by atoms with Gasteiger partial charge in [-0.25, -0.2) is 0 Å². The Hall–Kier alpha value is -0.570. The van der Waals surface area contributed by atoms with E-state index in [1.54, 1.807) is 0 Å². The van der Waals surface area contributed by atoms with Gasteiger partial charge in [-0.15, -0.1) is 0 Å². The quantitative estimate of drug-likeness (QED) is 0.727. The summed E-state index contributed by atoms with van der Waals surface area (Å²) in [5.41, 5.74) is -0.590. The van der Waals surface area contributed by atoms with Crippen LogP contribution in [0, 0.1) is 11.3 Å². The molecule has 0 unspecified atom stereocenters. The Labute approximate surface area is 98.8 Å². The van der Waals surface area contributed by atoms with Crippen LogP contribution >= 0.6 is 0 Å². The summed E-state index contributed by atoms with van der Waals surface area (Å²) >= 11 is 0. The van der Waals surface area contributed by atoms with Gasteiger partial charge in [-0.1, -0.05) is 13.3 Å². The summed E-state index contributed by atoms with van der Waals surface area (Å²) in [5.74, 6) is 0.181. The van der Waals surface area contributed by atoms with Gasteiger partial charge in [-0.2, -0.15) is 0 Å². The van der Waals surface area contributed by atoms with Crippen molar-refractivity contribution in [1.29, 1.82) is 0 Å². The van der Waals surface area contributed by atoms with Crippen LogP contribution in [-0.2, 0) is 4.79 Å². The Morgan fingerprint density at radius 2 is 2.06 bits per heavy atom. The zero-order chi connectivity index (χ0) is 12.2. The molecule has 1 N–H and O–H groups in total. The fourth-order valence-corrected chi connectivity index (χ4v) is 1.96.